The minimum Gasteiger partial charge on any atom is -0.454 e. The van der Waals surface area contributed by atoms with Crippen LogP contribution in [0.5, 0.6) is 0 Å². The number of hydrogen-bond acceptors (Lipinski definition) is 5. The molecule has 2 aliphatic rings. The van der Waals surface area contributed by atoms with Gasteiger partial charge in [0.2, 0.25) is 0 Å². The summed E-state index contributed by atoms with van der Waals surface area (Å²) in [6, 6.07) is 79.5. The molecule has 0 saturated carbocycles. The molecule has 0 saturated heterocycles. The van der Waals surface area contributed by atoms with Crippen molar-refractivity contribution in [1.82, 2.24) is 4.57 Å². The molecule has 0 amide bonds. The predicted molar refractivity (Wildman–Crippen MR) is 361 cm³/mol. The number of furan rings is 2. The molecule has 15 rings (SSSR count). The summed E-state index contributed by atoms with van der Waals surface area (Å²) < 4.78 is 16.7. The SMILES string of the molecule is CC(C)(C)c1ccc(N(c2ccc(C(C)(C)C)cc2)c2ccc3c(c2)N(c2cccc4c2oc2ccccc24)c2cc(N(c4ccc(C(C)(C)C)cc4)c4ccc(C(C)(C)C)cc4)cc4c2B3c2cccc3c5oc6ccccc6c5n-4c23)cc1. The number of nitrogens with zero attached hydrogens (tertiary/aromatic N) is 4. The van der Waals surface area contributed by atoms with Gasteiger partial charge in [-0.2, -0.15) is 0 Å². The van der Waals surface area contributed by atoms with Crippen LogP contribution in [-0.4, -0.2) is 11.3 Å². The molecule has 85 heavy (non-hydrogen) atoms. The second-order valence-electron chi connectivity index (χ2n) is 27.9. The lowest BCUT2D eigenvalue weighted by Gasteiger charge is -2.42. The van der Waals surface area contributed by atoms with E-state index in [2.05, 4.69) is 315 Å². The van der Waals surface area contributed by atoms with Crippen LogP contribution in [0.2, 0.25) is 0 Å². The Kier molecular flexibility index (Phi) is 11.5. The van der Waals surface area contributed by atoms with Crippen LogP contribution in [0, 0.1) is 0 Å². The molecule has 13 aromatic rings. The minimum absolute atomic E-state index is 0.00743. The van der Waals surface area contributed by atoms with E-state index in [0.29, 0.717) is 0 Å². The second-order valence-corrected chi connectivity index (χ2v) is 27.9. The zero-order valence-electron chi connectivity index (χ0n) is 50.9. The maximum Gasteiger partial charge on any atom is 0.252 e. The Labute approximate surface area is 499 Å². The number of aromatic nitrogens is 1. The van der Waals surface area contributed by atoms with Crippen molar-refractivity contribution in [2.75, 3.05) is 14.7 Å². The van der Waals surface area contributed by atoms with Crippen LogP contribution in [0.15, 0.2) is 221 Å². The lowest BCUT2D eigenvalue weighted by atomic mass is 9.33. The third-order valence-electron chi connectivity index (χ3n) is 18.2. The van der Waals surface area contributed by atoms with Crippen molar-refractivity contribution in [1.29, 1.82) is 0 Å². The zero-order valence-corrected chi connectivity index (χ0v) is 50.9. The maximum absolute atomic E-state index is 7.16. The predicted octanol–water partition coefficient (Wildman–Crippen LogP) is 20.2. The van der Waals surface area contributed by atoms with E-state index in [1.54, 1.807) is 0 Å². The Morgan fingerprint density at radius 3 is 1.28 bits per heavy atom. The van der Waals surface area contributed by atoms with Crippen LogP contribution in [0.1, 0.15) is 105 Å². The van der Waals surface area contributed by atoms with Crippen LogP contribution in [0.3, 0.4) is 0 Å². The molecule has 10 aromatic carbocycles. The van der Waals surface area contributed by atoms with E-state index in [4.69, 9.17) is 8.83 Å². The van der Waals surface area contributed by atoms with Gasteiger partial charge in [-0.25, -0.2) is 0 Å². The first kappa shape index (κ1) is 52.6. The molecule has 3 aromatic heterocycles. The quantitative estimate of drug-likeness (QED) is 0.149. The van der Waals surface area contributed by atoms with Crippen LogP contribution < -0.4 is 31.1 Å². The number of para-hydroxylation sites is 4. The van der Waals surface area contributed by atoms with Gasteiger partial charge >= 0.3 is 0 Å². The summed E-state index contributed by atoms with van der Waals surface area (Å²) in [5, 5.41) is 4.34. The molecular formula is C78H71BN4O2. The summed E-state index contributed by atoms with van der Waals surface area (Å²) in [6.45, 7) is 27.3. The second kappa shape index (κ2) is 18.7. The number of benzene rings is 10. The van der Waals surface area contributed by atoms with Crippen molar-refractivity contribution in [3.05, 3.63) is 235 Å². The van der Waals surface area contributed by atoms with Gasteiger partial charge in [-0.15, -0.1) is 0 Å². The van der Waals surface area contributed by atoms with E-state index in [1.165, 1.54) is 44.2 Å². The third-order valence-corrected chi connectivity index (χ3v) is 18.2. The molecular weight excluding hydrogens is 1040 g/mol. The summed E-state index contributed by atoms with van der Waals surface area (Å²) in [6.07, 6.45) is 0. The van der Waals surface area contributed by atoms with Crippen molar-refractivity contribution in [2.45, 2.75) is 105 Å². The van der Waals surface area contributed by atoms with Crippen molar-refractivity contribution < 1.29 is 8.83 Å². The molecule has 0 bridgehead atoms. The van der Waals surface area contributed by atoms with Gasteiger partial charge < -0.3 is 28.1 Å². The van der Waals surface area contributed by atoms with Crippen LogP contribution in [0.25, 0.3) is 60.6 Å². The fraction of sp³-hybridized carbons (Fsp3) is 0.205. The first-order chi connectivity index (χ1) is 40.7. The zero-order chi connectivity index (χ0) is 58.6. The molecule has 0 aliphatic carbocycles. The van der Waals surface area contributed by atoms with Crippen molar-refractivity contribution in [3.63, 3.8) is 0 Å². The van der Waals surface area contributed by atoms with Gasteiger partial charge in [0.25, 0.3) is 6.71 Å². The van der Waals surface area contributed by atoms with E-state index in [1.807, 2.05) is 0 Å². The van der Waals surface area contributed by atoms with Crippen LogP contribution in [-0.2, 0) is 21.7 Å². The normalized spacial score (nSPS) is 13.4. The lowest BCUT2D eigenvalue weighted by molar-refractivity contribution is 0.590. The molecule has 0 fully saturated rings. The highest BCUT2D eigenvalue weighted by molar-refractivity contribution is 7.00. The van der Waals surface area contributed by atoms with Crippen molar-refractivity contribution in [2.24, 2.45) is 0 Å². The van der Waals surface area contributed by atoms with Crippen LogP contribution in [0.4, 0.5) is 51.2 Å². The topological polar surface area (TPSA) is 40.9 Å². The number of fused-ring (bicyclic) bond motifs is 12. The third kappa shape index (κ3) is 8.36. The molecule has 6 nitrogen and oxygen atoms in total. The van der Waals surface area contributed by atoms with E-state index < -0.39 is 0 Å². The van der Waals surface area contributed by atoms with Gasteiger partial charge in [0.1, 0.15) is 16.7 Å². The fourth-order valence-corrected chi connectivity index (χ4v) is 13.6. The van der Waals surface area contributed by atoms with Gasteiger partial charge in [0.15, 0.2) is 11.2 Å². The van der Waals surface area contributed by atoms with Crippen molar-refractivity contribution in [3.8, 4) is 5.69 Å². The Balaban J connectivity index is 1.07. The highest BCUT2D eigenvalue weighted by Crippen LogP contribution is 2.51. The molecule has 0 spiro atoms. The van der Waals surface area contributed by atoms with Gasteiger partial charge in [0.05, 0.1) is 16.9 Å². The Bertz CT molecular complexity index is 4690. The molecule has 7 heteroatoms. The summed E-state index contributed by atoms with van der Waals surface area (Å²) in [4.78, 5) is 7.44. The monoisotopic (exact) mass is 1110 g/mol. The highest BCUT2D eigenvalue weighted by Gasteiger charge is 2.44. The number of anilines is 9. The first-order valence-corrected chi connectivity index (χ1v) is 30.2. The molecule has 418 valence electrons. The van der Waals surface area contributed by atoms with E-state index in [0.717, 1.165) is 106 Å². The summed E-state index contributed by atoms with van der Waals surface area (Å²) in [5.41, 5.74) is 25.1. The Morgan fingerprint density at radius 2 is 0.741 bits per heavy atom. The summed E-state index contributed by atoms with van der Waals surface area (Å²) >= 11 is 0. The van der Waals surface area contributed by atoms with Crippen LogP contribution >= 0.6 is 0 Å². The van der Waals surface area contributed by atoms with Gasteiger partial charge in [-0.05, 0) is 163 Å². The largest absolute Gasteiger partial charge is 0.454 e. The molecule has 0 N–H and O–H groups in total. The van der Waals surface area contributed by atoms with Crippen molar-refractivity contribution >= 4 is 129 Å². The van der Waals surface area contributed by atoms with E-state index >= 15 is 0 Å². The molecule has 0 unspecified atom stereocenters. The lowest BCUT2D eigenvalue weighted by Crippen LogP contribution is -2.60. The minimum atomic E-state index is -0.160. The standard InChI is InChI=1S/C78H71BN4O2/c1-75(2,3)48-27-35-52(36-28-48)80(53-37-29-49(30-38-53)76(4,5)6)56-43-44-62-65(45-56)82(64-24-18-21-59-58-19-13-15-25-68(58)84-73(59)64)66-46-57(81(54-39-31-50(32-40-54)77(7,8)9)55-41-33-51(34-42-55)78(10,11)12)47-67-70(66)79(62)63-23-17-22-61-71(63)83(67)72-60-20-14-16-26-69(60)85-74(61)72/h13-47H,1-12H3. The summed E-state index contributed by atoms with van der Waals surface area (Å²) in [5.74, 6) is 0. The average molecular weight is 1110 g/mol. The molecule has 0 atom stereocenters. The van der Waals surface area contributed by atoms with E-state index in [-0.39, 0.29) is 28.4 Å². The first-order valence-electron chi connectivity index (χ1n) is 30.2. The maximum atomic E-state index is 7.16. The smallest absolute Gasteiger partial charge is 0.252 e. The molecule has 2 aliphatic heterocycles. The fourth-order valence-electron chi connectivity index (χ4n) is 13.6. The number of rotatable bonds is 7. The van der Waals surface area contributed by atoms with Gasteiger partial charge in [0, 0.05) is 67.0 Å². The number of hydrogen-bond donors (Lipinski definition) is 0. The molecule has 0 radical (unpaired) electrons. The van der Waals surface area contributed by atoms with Gasteiger partial charge in [-0.3, -0.25) is 0 Å². The summed E-state index contributed by atoms with van der Waals surface area (Å²) in [7, 11) is 0. The average Bonchev–Trinajstić information content (AvgIpc) is 1.73. The highest BCUT2D eigenvalue weighted by atomic mass is 16.3. The van der Waals surface area contributed by atoms with Gasteiger partial charge in [-0.1, -0.05) is 192 Å². The van der Waals surface area contributed by atoms with E-state index in [9.17, 15) is 0 Å². The molecule has 5 heterocycles. The Morgan fingerprint density at radius 1 is 0.318 bits per heavy atom. The Hall–Kier alpha value is -9.20.